The van der Waals surface area contributed by atoms with Crippen molar-refractivity contribution < 1.29 is 4.79 Å². The van der Waals surface area contributed by atoms with Gasteiger partial charge in [0.1, 0.15) is 0 Å². The molecule has 0 aliphatic carbocycles. The summed E-state index contributed by atoms with van der Waals surface area (Å²) in [7, 11) is 0. The molecule has 0 spiro atoms. The second kappa shape index (κ2) is 7.31. The van der Waals surface area contributed by atoms with Crippen molar-refractivity contribution in [1.29, 1.82) is 5.26 Å². The van der Waals surface area contributed by atoms with Gasteiger partial charge in [0.15, 0.2) is 5.78 Å². The van der Waals surface area contributed by atoms with E-state index in [-0.39, 0.29) is 11.3 Å². The van der Waals surface area contributed by atoms with Gasteiger partial charge >= 0.3 is 0 Å². The molecule has 122 valence electrons. The van der Waals surface area contributed by atoms with Gasteiger partial charge in [0, 0.05) is 16.7 Å². The molecule has 0 aliphatic heterocycles. The molecule has 0 atom stereocenters. The highest BCUT2D eigenvalue weighted by Crippen LogP contribution is 2.10. The lowest BCUT2D eigenvalue weighted by Crippen LogP contribution is -2.20. The Labute approximate surface area is 152 Å². The van der Waals surface area contributed by atoms with Crippen molar-refractivity contribution in [3.8, 4) is 6.07 Å². The molecule has 0 aliphatic rings. The number of nitrogens with one attached hydrogen (secondary N) is 1. The first kappa shape index (κ1) is 16.9. The normalized spacial score (nSPS) is 12.2. The maximum Gasteiger partial charge on any atom is 0.266 e. The van der Waals surface area contributed by atoms with Crippen LogP contribution in [0.3, 0.4) is 0 Å². The summed E-state index contributed by atoms with van der Waals surface area (Å²) in [5.74, 6) is -0.216. The van der Waals surface area contributed by atoms with Crippen LogP contribution in [0.1, 0.15) is 21.5 Å². The molecular formula is C19H11ClN2O2S. The number of aromatic nitrogens is 1. The van der Waals surface area contributed by atoms with Gasteiger partial charge in [-0.1, -0.05) is 23.7 Å². The Hall–Kier alpha value is -2.94. The number of nitrogens with zero attached hydrogens (tertiary/aromatic N) is 1. The van der Waals surface area contributed by atoms with Gasteiger partial charge < -0.3 is 4.98 Å². The highest BCUT2D eigenvalue weighted by Gasteiger charge is 2.03. The highest BCUT2D eigenvalue weighted by molar-refractivity contribution is 7.07. The molecule has 0 saturated carbocycles. The summed E-state index contributed by atoms with van der Waals surface area (Å²) in [5.41, 5.74) is 1.49. The number of carbonyl (C=O) groups excluding carboxylic acids is 1. The van der Waals surface area contributed by atoms with Crippen molar-refractivity contribution in [2.45, 2.75) is 0 Å². The molecule has 0 saturated heterocycles. The van der Waals surface area contributed by atoms with Crippen LogP contribution in [0.2, 0.25) is 5.02 Å². The number of Topliss-reactive ketones (excluding diaryl/α,β-unsaturated/α-hetero) is 1. The fraction of sp³-hybridized carbons (Fsp3) is 0. The van der Waals surface area contributed by atoms with E-state index < -0.39 is 0 Å². The summed E-state index contributed by atoms with van der Waals surface area (Å²) in [4.78, 5) is 27.0. The molecule has 1 N–H and O–H groups in total. The van der Waals surface area contributed by atoms with E-state index in [0.717, 1.165) is 5.56 Å². The molecule has 0 fully saturated rings. The molecule has 0 bridgehead atoms. The van der Waals surface area contributed by atoms with Gasteiger partial charge in [-0.3, -0.25) is 9.59 Å². The van der Waals surface area contributed by atoms with Gasteiger partial charge in [0.05, 0.1) is 20.8 Å². The van der Waals surface area contributed by atoms with Crippen LogP contribution in [-0.4, -0.2) is 10.8 Å². The van der Waals surface area contributed by atoms with Crippen LogP contribution < -0.4 is 14.8 Å². The number of carbonyl (C=O) groups is 1. The fourth-order valence-corrected chi connectivity index (χ4v) is 3.20. The van der Waals surface area contributed by atoms with Crippen molar-refractivity contribution >= 4 is 40.9 Å². The Balaban J connectivity index is 1.98. The first-order valence-electron chi connectivity index (χ1n) is 7.28. The number of nitriles is 1. The summed E-state index contributed by atoms with van der Waals surface area (Å²) in [6, 6.07) is 15.6. The van der Waals surface area contributed by atoms with E-state index in [0.29, 0.717) is 25.3 Å². The van der Waals surface area contributed by atoms with E-state index in [1.165, 1.54) is 17.4 Å². The van der Waals surface area contributed by atoms with E-state index in [9.17, 15) is 9.59 Å². The number of rotatable bonds is 3. The van der Waals surface area contributed by atoms with Crippen molar-refractivity contribution in [3.63, 3.8) is 0 Å². The van der Waals surface area contributed by atoms with Crippen LogP contribution in [0.5, 0.6) is 0 Å². The first-order chi connectivity index (χ1) is 12.0. The Kier molecular flexibility index (Phi) is 4.94. The second-order valence-corrected chi connectivity index (χ2v) is 6.70. The quantitative estimate of drug-likeness (QED) is 0.723. The zero-order valence-corrected chi connectivity index (χ0v) is 14.4. The van der Waals surface area contributed by atoms with Crippen molar-refractivity contribution in [1.82, 2.24) is 4.98 Å². The molecule has 1 aromatic heterocycles. The SMILES string of the molecule is N#Cc1cccc(/C=c2/s/c(=C/C(=O)c3ccc(Cl)cc3)[nH]c2=O)c1. The minimum Gasteiger partial charge on any atom is -0.313 e. The lowest BCUT2D eigenvalue weighted by Gasteiger charge is -1.94. The summed E-state index contributed by atoms with van der Waals surface area (Å²) >= 11 is 6.99. The standard InChI is InChI=1S/C19H11ClN2O2S/c20-15-6-4-14(5-7-15)16(23)10-18-22-19(24)17(25-18)9-12-2-1-3-13(8-12)11-21/h1-10H,(H,22,24)/b17-9+,18-10+. The molecule has 3 aromatic rings. The number of aromatic amines is 1. The Morgan fingerprint density at radius 1 is 1.20 bits per heavy atom. The molecule has 25 heavy (non-hydrogen) atoms. The van der Waals surface area contributed by atoms with E-state index in [4.69, 9.17) is 16.9 Å². The lowest BCUT2D eigenvalue weighted by molar-refractivity contribution is 0.106. The molecule has 0 unspecified atom stereocenters. The number of benzene rings is 2. The van der Waals surface area contributed by atoms with E-state index in [1.54, 1.807) is 48.5 Å². The number of ketones is 1. The number of hydrogen-bond donors (Lipinski definition) is 1. The highest BCUT2D eigenvalue weighted by atomic mass is 35.5. The minimum absolute atomic E-state index is 0.216. The van der Waals surface area contributed by atoms with Gasteiger partial charge in [-0.15, -0.1) is 11.3 Å². The maximum atomic E-state index is 12.2. The van der Waals surface area contributed by atoms with Gasteiger partial charge in [-0.05, 0) is 48.0 Å². The minimum atomic E-state index is -0.275. The molecule has 3 rings (SSSR count). The van der Waals surface area contributed by atoms with Gasteiger partial charge in [-0.2, -0.15) is 5.26 Å². The Morgan fingerprint density at radius 2 is 1.96 bits per heavy atom. The fourth-order valence-electron chi connectivity index (χ4n) is 2.19. The first-order valence-corrected chi connectivity index (χ1v) is 8.47. The third-order valence-electron chi connectivity index (χ3n) is 3.38. The predicted octanol–water partition coefficient (Wildman–Crippen LogP) is 2.45. The van der Waals surface area contributed by atoms with Gasteiger partial charge in [0.2, 0.25) is 0 Å². The van der Waals surface area contributed by atoms with Crippen LogP contribution in [0.25, 0.3) is 12.2 Å². The van der Waals surface area contributed by atoms with E-state index >= 15 is 0 Å². The topological polar surface area (TPSA) is 73.7 Å². The largest absolute Gasteiger partial charge is 0.313 e. The third kappa shape index (κ3) is 4.13. The molecule has 0 amide bonds. The summed E-state index contributed by atoms with van der Waals surface area (Å²) in [6.45, 7) is 0. The van der Waals surface area contributed by atoms with Crippen LogP contribution >= 0.6 is 22.9 Å². The number of thiazole rings is 1. The van der Waals surface area contributed by atoms with Crippen LogP contribution in [0.4, 0.5) is 0 Å². The zero-order chi connectivity index (χ0) is 17.8. The zero-order valence-electron chi connectivity index (χ0n) is 12.8. The molecule has 1 heterocycles. The lowest BCUT2D eigenvalue weighted by atomic mass is 10.1. The average molecular weight is 367 g/mol. The molecule has 2 aromatic carbocycles. The second-order valence-electron chi connectivity index (χ2n) is 5.18. The monoisotopic (exact) mass is 366 g/mol. The predicted molar refractivity (Wildman–Crippen MR) is 99.2 cm³/mol. The van der Waals surface area contributed by atoms with Gasteiger partial charge in [0.25, 0.3) is 5.56 Å². The molecule has 4 nitrogen and oxygen atoms in total. The summed E-state index contributed by atoms with van der Waals surface area (Å²) < 4.78 is 0.929. The Bertz CT molecular complexity index is 1150. The molecule has 6 heteroatoms. The number of hydrogen-bond acceptors (Lipinski definition) is 4. The number of halogens is 1. The van der Waals surface area contributed by atoms with Crippen molar-refractivity contribution in [2.75, 3.05) is 0 Å². The van der Waals surface area contributed by atoms with Gasteiger partial charge in [-0.25, -0.2) is 0 Å². The van der Waals surface area contributed by atoms with Crippen molar-refractivity contribution in [2.24, 2.45) is 0 Å². The third-order valence-corrected chi connectivity index (χ3v) is 4.60. The van der Waals surface area contributed by atoms with Crippen LogP contribution in [-0.2, 0) is 0 Å². The number of H-pyrrole nitrogens is 1. The molecular weight excluding hydrogens is 356 g/mol. The van der Waals surface area contributed by atoms with E-state index in [2.05, 4.69) is 11.1 Å². The average Bonchev–Trinajstić information content (AvgIpc) is 2.94. The van der Waals surface area contributed by atoms with Crippen LogP contribution in [0.15, 0.2) is 53.3 Å². The molecule has 0 radical (unpaired) electrons. The van der Waals surface area contributed by atoms with Crippen molar-refractivity contribution in [3.05, 3.63) is 89.8 Å². The summed E-state index contributed by atoms with van der Waals surface area (Å²) in [5, 5.41) is 9.48. The van der Waals surface area contributed by atoms with Crippen LogP contribution in [0, 0.1) is 11.3 Å². The smallest absolute Gasteiger partial charge is 0.266 e. The maximum absolute atomic E-state index is 12.2. The summed E-state index contributed by atoms with van der Waals surface area (Å²) in [6.07, 6.45) is 3.08. The van der Waals surface area contributed by atoms with E-state index in [1.807, 2.05) is 6.07 Å². The Morgan fingerprint density at radius 3 is 2.68 bits per heavy atom.